The Morgan fingerprint density at radius 1 is 1.59 bits per heavy atom. The van der Waals surface area contributed by atoms with Gasteiger partial charge in [-0.15, -0.1) is 0 Å². The van der Waals surface area contributed by atoms with E-state index in [9.17, 15) is 9.59 Å². The molecule has 1 amide bonds. The number of carboxylic acids is 1. The van der Waals surface area contributed by atoms with E-state index in [0.717, 1.165) is 12.8 Å². The zero-order valence-electron chi connectivity index (χ0n) is 9.72. The minimum atomic E-state index is -0.959. The predicted octanol–water partition coefficient (Wildman–Crippen LogP) is 1.01. The highest BCUT2D eigenvalue weighted by Crippen LogP contribution is 2.33. The summed E-state index contributed by atoms with van der Waals surface area (Å²) in [5.41, 5.74) is 0.479. The van der Waals surface area contributed by atoms with Crippen LogP contribution in [0.15, 0.2) is 18.3 Å². The molecule has 17 heavy (non-hydrogen) atoms. The number of aromatic nitrogens is 1. The highest BCUT2D eigenvalue weighted by atomic mass is 16.4. The van der Waals surface area contributed by atoms with Crippen molar-refractivity contribution in [3.8, 4) is 0 Å². The van der Waals surface area contributed by atoms with Gasteiger partial charge in [0.2, 0.25) is 0 Å². The summed E-state index contributed by atoms with van der Waals surface area (Å²) in [5, 5.41) is 11.6. The first-order valence-corrected chi connectivity index (χ1v) is 5.73. The second-order valence-electron chi connectivity index (χ2n) is 4.55. The Kier molecular flexibility index (Phi) is 3.17. The minimum absolute atomic E-state index is 0.328. The van der Waals surface area contributed by atoms with Crippen molar-refractivity contribution < 1.29 is 14.7 Å². The molecule has 0 radical (unpaired) electrons. The Hall–Kier alpha value is -1.78. The Labute approximate surface area is 99.4 Å². The number of nitrogens with zero attached hydrogens (tertiary/aromatic N) is 1. The molecule has 0 saturated heterocycles. The quantitative estimate of drug-likeness (QED) is 0.801. The van der Waals surface area contributed by atoms with E-state index < -0.39 is 12.0 Å². The number of aryl methyl sites for hydroxylation is 1. The fraction of sp³-hybridized carbons (Fsp3) is 0.500. The van der Waals surface area contributed by atoms with Gasteiger partial charge in [-0.2, -0.15) is 0 Å². The summed E-state index contributed by atoms with van der Waals surface area (Å²) in [6.07, 6.45) is 4.44. The Morgan fingerprint density at radius 3 is 2.76 bits per heavy atom. The van der Waals surface area contributed by atoms with E-state index in [1.165, 1.54) is 0 Å². The van der Waals surface area contributed by atoms with Gasteiger partial charge in [0.15, 0.2) is 0 Å². The van der Waals surface area contributed by atoms with Crippen molar-refractivity contribution in [1.82, 2.24) is 9.88 Å². The van der Waals surface area contributed by atoms with Gasteiger partial charge in [-0.05, 0) is 24.5 Å². The van der Waals surface area contributed by atoms with E-state index in [1.807, 2.05) is 0 Å². The van der Waals surface area contributed by atoms with Crippen LogP contribution in [-0.2, 0) is 11.8 Å². The summed E-state index contributed by atoms with van der Waals surface area (Å²) < 4.78 is 1.67. The zero-order valence-corrected chi connectivity index (χ0v) is 9.72. The van der Waals surface area contributed by atoms with Gasteiger partial charge >= 0.3 is 5.97 Å². The lowest BCUT2D eigenvalue weighted by Crippen LogP contribution is -2.41. The van der Waals surface area contributed by atoms with E-state index in [2.05, 4.69) is 5.32 Å². The van der Waals surface area contributed by atoms with Crippen LogP contribution >= 0.6 is 0 Å². The summed E-state index contributed by atoms with van der Waals surface area (Å²) >= 11 is 0. The molecule has 1 atom stereocenters. The van der Waals surface area contributed by atoms with Gasteiger partial charge in [-0.3, -0.25) is 4.79 Å². The molecule has 1 aromatic rings. The summed E-state index contributed by atoms with van der Waals surface area (Å²) in [4.78, 5) is 22.9. The number of amides is 1. The Morgan fingerprint density at radius 2 is 2.29 bits per heavy atom. The maximum Gasteiger partial charge on any atom is 0.326 e. The molecule has 92 valence electrons. The van der Waals surface area contributed by atoms with Crippen molar-refractivity contribution in [3.05, 3.63) is 24.0 Å². The van der Waals surface area contributed by atoms with Crippen LogP contribution in [0.4, 0.5) is 0 Å². The number of carbonyl (C=O) groups is 2. The molecule has 1 fully saturated rings. The molecule has 1 aliphatic rings. The molecular weight excluding hydrogens is 220 g/mol. The fourth-order valence-electron chi connectivity index (χ4n) is 1.84. The van der Waals surface area contributed by atoms with Crippen LogP contribution < -0.4 is 5.32 Å². The Bertz CT molecular complexity index is 435. The van der Waals surface area contributed by atoms with Crippen LogP contribution in [0.2, 0.25) is 0 Å². The molecule has 0 spiro atoms. The summed E-state index contributed by atoms with van der Waals surface area (Å²) in [7, 11) is 1.76. The van der Waals surface area contributed by atoms with Gasteiger partial charge in [-0.25, -0.2) is 4.79 Å². The van der Waals surface area contributed by atoms with E-state index >= 15 is 0 Å². The first-order chi connectivity index (χ1) is 8.08. The predicted molar refractivity (Wildman–Crippen MR) is 61.6 cm³/mol. The lowest BCUT2D eigenvalue weighted by atomic mass is 10.1. The number of carbonyl (C=O) groups excluding carboxylic acids is 1. The number of nitrogens with one attached hydrogen (secondary N) is 1. The molecule has 1 saturated carbocycles. The van der Waals surface area contributed by atoms with Crippen LogP contribution in [0.5, 0.6) is 0 Å². The minimum Gasteiger partial charge on any atom is -0.480 e. The third-order valence-corrected chi connectivity index (χ3v) is 3.05. The maximum atomic E-state index is 11.8. The van der Waals surface area contributed by atoms with Gasteiger partial charge in [0, 0.05) is 13.2 Å². The maximum absolute atomic E-state index is 11.8. The molecule has 2 N–H and O–H groups in total. The molecule has 0 aliphatic heterocycles. The molecule has 5 nitrogen and oxygen atoms in total. The standard InChI is InChI=1S/C12H16N2O3/c1-14-6-2-3-10(14)11(15)13-9(12(16)17)7-8-4-5-8/h2-3,6,8-9H,4-5,7H2,1H3,(H,13,15)(H,16,17). The zero-order chi connectivity index (χ0) is 12.4. The first kappa shape index (κ1) is 11.7. The fourth-order valence-corrected chi connectivity index (χ4v) is 1.84. The largest absolute Gasteiger partial charge is 0.480 e. The second kappa shape index (κ2) is 4.61. The average Bonchev–Trinajstić information content (AvgIpc) is 2.97. The van der Waals surface area contributed by atoms with Gasteiger partial charge in [0.05, 0.1) is 0 Å². The molecule has 1 heterocycles. The Balaban J connectivity index is 1.99. The molecule has 1 aromatic heterocycles. The SMILES string of the molecule is Cn1cccc1C(=O)NC(CC1CC1)C(=O)O. The highest BCUT2D eigenvalue weighted by molar-refractivity contribution is 5.95. The third-order valence-electron chi connectivity index (χ3n) is 3.05. The van der Waals surface area contributed by atoms with Gasteiger partial charge < -0.3 is 15.0 Å². The van der Waals surface area contributed by atoms with Crippen LogP contribution in [0, 0.1) is 5.92 Å². The molecule has 0 bridgehead atoms. The first-order valence-electron chi connectivity index (χ1n) is 5.73. The lowest BCUT2D eigenvalue weighted by molar-refractivity contribution is -0.139. The van der Waals surface area contributed by atoms with Gasteiger partial charge in [-0.1, -0.05) is 12.8 Å². The average molecular weight is 236 g/mol. The van der Waals surface area contributed by atoms with E-state index in [1.54, 1.807) is 29.9 Å². The third kappa shape index (κ3) is 2.87. The number of hydrogen-bond acceptors (Lipinski definition) is 2. The molecular formula is C12H16N2O3. The molecule has 1 aliphatic carbocycles. The van der Waals surface area contributed by atoms with Crippen molar-refractivity contribution in [2.45, 2.75) is 25.3 Å². The van der Waals surface area contributed by atoms with E-state index in [0.29, 0.717) is 18.0 Å². The molecule has 1 unspecified atom stereocenters. The van der Waals surface area contributed by atoms with Crippen molar-refractivity contribution in [2.75, 3.05) is 0 Å². The smallest absolute Gasteiger partial charge is 0.326 e. The monoisotopic (exact) mass is 236 g/mol. The normalized spacial score (nSPS) is 16.5. The highest BCUT2D eigenvalue weighted by Gasteiger charge is 2.30. The topological polar surface area (TPSA) is 71.3 Å². The van der Waals surface area contributed by atoms with Crippen molar-refractivity contribution in [2.24, 2.45) is 13.0 Å². The van der Waals surface area contributed by atoms with Crippen LogP contribution in [0.25, 0.3) is 0 Å². The van der Waals surface area contributed by atoms with Crippen LogP contribution in [0.1, 0.15) is 29.8 Å². The van der Waals surface area contributed by atoms with Crippen molar-refractivity contribution >= 4 is 11.9 Å². The lowest BCUT2D eigenvalue weighted by Gasteiger charge is -2.14. The van der Waals surface area contributed by atoms with E-state index in [4.69, 9.17) is 5.11 Å². The van der Waals surface area contributed by atoms with E-state index in [-0.39, 0.29) is 5.91 Å². The van der Waals surface area contributed by atoms with Crippen LogP contribution in [0.3, 0.4) is 0 Å². The molecule has 2 rings (SSSR count). The number of aliphatic carboxylic acids is 1. The molecule has 5 heteroatoms. The summed E-state index contributed by atoms with van der Waals surface area (Å²) in [5.74, 6) is -0.824. The summed E-state index contributed by atoms with van der Waals surface area (Å²) in [6.45, 7) is 0. The van der Waals surface area contributed by atoms with Gasteiger partial charge in [0.1, 0.15) is 11.7 Å². The number of hydrogen-bond donors (Lipinski definition) is 2. The number of carboxylic acid groups (broad SMARTS) is 1. The van der Waals surface area contributed by atoms with Gasteiger partial charge in [0.25, 0.3) is 5.91 Å². The number of rotatable bonds is 5. The van der Waals surface area contributed by atoms with Crippen molar-refractivity contribution in [3.63, 3.8) is 0 Å². The second-order valence-corrected chi connectivity index (χ2v) is 4.55. The van der Waals surface area contributed by atoms with Crippen molar-refractivity contribution in [1.29, 1.82) is 0 Å². The summed E-state index contributed by atoms with van der Waals surface area (Å²) in [6, 6.07) is 2.65. The molecule has 0 aromatic carbocycles. The van der Waals surface area contributed by atoms with Crippen LogP contribution in [-0.4, -0.2) is 27.6 Å².